The first-order valence-corrected chi connectivity index (χ1v) is 14.4. The predicted octanol–water partition coefficient (Wildman–Crippen LogP) is 5.87. The number of ether oxygens (including phenoxy) is 2. The van der Waals surface area contributed by atoms with E-state index in [0.29, 0.717) is 43.9 Å². The first-order valence-electron chi connectivity index (χ1n) is 14.4. The summed E-state index contributed by atoms with van der Waals surface area (Å²) >= 11 is 0. The number of anilines is 2. The fraction of sp³-hybridized carbons (Fsp3) is 0.294. The Morgan fingerprint density at radius 3 is 1.40 bits per heavy atom. The van der Waals surface area contributed by atoms with Gasteiger partial charge in [-0.3, -0.25) is 24.7 Å². The van der Waals surface area contributed by atoms with Gasteiger partial charge in [0.15, 0.2) is 0 Å². The Morgan fingerprint density at radius 1 is 0.651 bits per heavy atom. The van der Waals surface area contributed by atoms with Gasteiger partial charge in [0.1, 0.15) is 0 Å². The van der Waals surface area contributed by atoms with Crippen LogP contribution in [0.1, 0.15) is 18.1 Å². The van der Waals surface area contributed by atoms with Gasteiger partial charge in [0, 0.05) is 25.5 Å². The van der Waals surface area contributed by atoms with E-state index in [0.717, 1.165) is 11.1 Å². The van der Waals surface area contributed by atoms with Crippen LogP contribution in [0.15, 0.2) is 110 Å². The number of rotatable bonds is 13. The smallest absolute Gasteiger partial charge is 0.414 e. The van der Waals surface area contributed by atoms with Gasteiger partial charge in [-0.1, -0.05) is 67.6 Å². The summed E-state index contributed by atoms with van der Waals surface area (Å²) in [6.45, 7) is 3.80. The molecule has 2 aromatic carbocycles. The van der Waals surface area contributed by atoms with Crippen LogP contribution in [0.2, 0.25) is 0 Å². The molecule has 0 N–H and O–H groups in total. The largest absolute Gasteiger partial charge is 0.452 e. The third kappa shape index (κ3) is 8.62. The van der Waals surface area contributed by atoms with Crippen molar-refractivity contribution in [1.82, 2.24) is 14.9 Å². The Kier molecular flexibility index (Phi) is 11.6. The van der Waals surface area contributed by atoms with Crippen molar-refractivity contribution in [3.8, 4) is 0 Å². The number of carbonyl (C=O) groups excluding carboxylic acids is 2. The number of likely N-dealkylation sites (N-methyl/N-ethyl adjacent to an activating group) is 1. The molecule has 0 fully saturated rings. The predicted molar refractivity (Wildman–Crippen MR) is 168 cm³/mol. The zero-order chi connectivity index (χ0) is 30.4. The molecule has 43 heavy (non-hydrogen) atoms. The molecule has 0 aliphatic rings. The van der Waals surface area contributed by atoms with Crippen molar-refractivity contribution < 1.29 is 19.1 Å². The van der Waals surface area contributed by atoms with Gasteiger partial charge < -0.3 is 9.47 Å². The van der Waals surface area contributed by atoms with Gasteiger partial charge in [0.25, 0.3) is 0 Å². The quantitative estimate of drug-likeness (QED) is 0.195. The maximum absolute atomic E-state index is 13.3. The molecule has 0 bridgehead atoms. The van der Waals surface area contributed by atoms with Gasteiger partial charge in [-0.15, -0.1) is 0 Å². The molecule has 9 nitrogen and oxygen atoms in total. The molecule has 4 rings (SSSR count). The summed E-state index contributed by atoms with van der Waals surface area (Å²) < 4.78 is 10.5. The van der Waals surface area contributed by atoms with Gasteiger partial charge in [-0.25, -0.2) is 9.59 Å². The minimum Gasteiger partial charge on any atom is -0.452 e. The number of benzene rings is 2. The molecule has 2 atom stereocenters. The lowest BCUT2D eigenvalue weighted by atomic mass is 10.0. The van der Waals surface area contributed by atoms with Crippen LogP contribution in [0.5, 0.6) is 0 Å². The molecule has 0 saturated carbocycles. The lowest BCUT2D eigenvalue weighted by molar-refractivity contribution is 0.167. The van der Waals surface area contributed by atoms with Gasteiger partial charge in [-0.2, -0.15) is 0 Å². The van der Waals surface area contributed by atoms with E-state index in [1.54, 1.807) is 46.7 Å². The minimum absolute atomic E-state index is 0.290. The Balaban J connectivity index is 1.71. The van der Waals surface area contributed by atoms with E-state index in [1.807, 2.05) is 48.5 Å². The topological polar surface area (TPSA) is 88.1 Å². The van der Waals surface area contributed by atoms with E-state index in [9.17, 15) is 9.59 Å². The number of carbonyl (C=O) groups is 2. The molecule has 2 heterocycles. The summed E-state index contributed by atoms with van der Waals surface area (Å²) in [4.78, 5) is 40.7. The number of hydrogen-bond acceptors (Lipinski definition) is 7. The van der Waals surface area contributed by atoms with E-state index in [1.165, 1.54) is 14.2 Å². The maximum Gasteiger partial charge on any atom is 0.414 e. The normalized spacial score (nSPS) is 12.3. The number of amides is 2. The average molecular weight is 582 g/mol. The van der Waals surface area contributed by atoms with Crippen molar-refractivity contribution in [1.29, 1.82) is 0 Å². The second-order valence-corrected chi connectivity index (χ2v) is 10.1. The Labute approximate surface area is 253 Å². The third-order valence-corrected chi connectivity index (χ3v) is 7.33. The van der Waals surface area contributed by atoms with E-state index in [2.05, 4.69) is 46.1 Å². The summed E-state index contributed by atoms with van der Waals surface area (Å²) in [5, 5.41) is 0. The molecule has 0 radical (unpaired) electrons. The van der Waals surface area contributed by atoms with Crippen molar-refractivity contribution >= 4 is 23.6 Å². The van der Waals surface area contributed by atoms with Crippen LogP contribution in [0.4, 0.5) is 21.0 Å². The van der Waals surface area contributed by atoms with E-state index in [4.69, 9.17) is 9.47 Å². The molecule has 4 aromatic rings. The molecule has 224 valence electrons. The molecule has 2 aromatic heterocycles. The van der Waals surface area contributed by atoms with Crippen LogP contribution < -0.4 is 9.80 Å². The third-order valence-electron chi connectivity index (χ3n) is 7.33. The number of pyridine rings is 2. The summed E-state index contributed by atoms with van der Waals surface area (Å²) in [6, 6.07) is 26.9. The van der Waals surface area contributed by atoms with Crippen molar-refractivity contribution in [2.45, 2.75) is 31.8 Å². The molecule has 0 saturated heterocycles. The van der Waals surface area contributed by atoms with Crippen LogP contribution in [-0.4, -0.2) is 73.0 Å². The van der Waals surface area contributed by atoms with Crippen LogP contribution in [0, 0.1) is 0 Å². The van der Waals surface area contributed by atoms with E-state index < -0.39 is 12.2 Å². The standard InChI is InChI=1S/C34H39N5O4/c1-4-37(25-31(21-27-13-7-5-8-14-27)38(33(40)42-2)29-17-11-19-35-23-29)26-32(22-28-15-9-6-10-16-28)39(34(41)43-3)30-18-12-20-36-24-30/h5-20,23-24,31-32H,4,21-22,25-26H2,1-3H3/t31-,32-/m0/s1. The molecule has 2 amide bonds. The molecule has 0 spiro atoms. The van der Waals surface area contributed by atoms with E-state index in [-0.39, 0.29) is 12.1 Å². The second kappa shape index (κ2) is 16.0. The summed E-state index contributed by atoms with van der Waals surface area (Å²) in [5.41, 5.74) is 3.49. The molecule has 9 heteroatoms. The lowest BCUT2D eigenvalue weighted by Crippen LogP contribution is -2.53. The summed E-state index contributed by atoms with van der Waals surface area (Å²) in [5.74, 6) is 0. The fourth-order valence-electron chi connectivity index (χ4n) is 5.30. The van der Waals surface area contributed by atoms with Crippen LogP contribution in [-0.2, 0) is 22.3 Å². The van der Waals surface area contributed by atoms with Crippen molar-refractivity contribution in [3.05, 3.63) is 121 Å². The molecule has 0 aliphatic carbocycles. The van der Waals surface area contributed by atoms with Crippen LogP contribution in [0.3, 0.4) is 0 Å². The van der Waals surface area contributed by atoms with Gasteiger partial charge in [0.05, 0.1) is 50.1 Å². The zero-order valence-electron chi connectivity index (χ0n) is 25.0. The van der Waals surface area contributed by atoms with Crippen LogP contribution in [0.25, 0.3) is 0 Å². The van der Waals surface area contributed by atoms with Gasteiger partial charge >= 0.3 is 12.2 Å². The first-order chi connectivity index (χ1) is 21.0. The summed E-state index contributed by atoms with van der Waals surface area (Å²) in [6.07, 6.45) is 6.96. The fourth-order valence-corrected chi connectivity index (χ4v) is 5.30. The maximum atomic E-state index is 13.3. The number of hydrogen-bond donors (Lipinski definition) is 0. The number of nitrogens with zero attached hydrogens (tertiary/aromatic N) is 5. The summed E-state index contributed by atoms with van der Waals surface area (Å²) in [7, 11) is 2.78. The molecule has 0 aliphatic heterocycles. The van der Waals surface area contributed by atoms with E-state index >= 15 is 0 Å². The highest BCUT2D eigenvalue weighted by Crippen LogP contribution is 2.24. The number of aromatic nitrogens is 2. The van der Waals surface area contributed by atoms with Gasteiger partial charge in [0.2, 0.25) is 0 Å². The molecular formula is C34H39N5O4. The highest BCUT2D eigenvalue weighted by molar-refractivity contribution is 5.88. The van der Waals surface area contributed by atoms with Crippen molar-refractivity contribution in [3.63, 3.8) is 0 Å². The SMILES string of the molecule is CCN(C[C@H](Cc1ccccc1)N(C(=O)OC)c1cccnc1)C[C@H](Cc1ccccc1)N(C(=O)OC)c1cccnc1. The highest BCUT2D eigenvalue weighted by Gasteiger charge is 2.32. The second-order valence-electron chi connectivity index (χ2n) is 10.1. The van der Waals surface area contributed by atoms with Crippen LogP contribution >= 0.6 is 0 Å². The van der Waals surface area contributed by atoms with Gasteiger partial charge in [-0.05, 0) is 54.8 Å². The Hall–Kier alpha value is -4.76. The molecular weight excluding hydrogens is 542 g/mol. The van der Waals surface area contributed by atoms with Crippen molar-refractivity contribution in [2.24, 2.45) is 0 Å². The minimum atomic E-state index is -0.461. The average Bonchev–Trinajstić information content (AvgIpc) is 3.06. The first kappa shape index (κ1) is 31.2. The lowest BCUT2D eigenvalue weighted by Gasteiger charge is -2.38. The molecule has 0 unspecified atom stereocenters. The Morgan fingerprint density at radius 2 is 1.07 bits per heavy atom. The number of methoxy groups -OCH3 is 2. The zero-order valence-corrected chi connectivity index (χ0v) is 25.0. The Bertz CT molecular complexity index is 1290. The highest BCUT2D eigenvalue weighted by atomic mass is 16.5. The monoisotopic (exact) mass is 581 g/mol. The van der Waals surface area contributed by atoms with Crippen molar-refractivity contribution in [2.75, 3.05) is 43.7 Å².